The maximum absolute atomic E-state index is 10.9. The Kier molecular flexibility index (Phi) is 7.54. The molecule has 20 heavy (non-hydrogen) atoms. The number of benzene rings is 1. The summed E-state index contributed by atoms with van der Waals surface area (Å²) in [6.07, 6.45) is 0.597. The minimum Gasteiger partial charge on any atom is -0.507 e. The Morgan fingerprint density at radius 2 is 1.85 bits per heavy atom. The van der Waals surface area contributed by atoms with Crippen LogP contribution in [0.15, 0.2) is 12.1 Å². The van der Waals surface area contributed by atoms with Gasteiger partial charge in [-0.3, -0.25) is 9.69 Å². The molecule has 0 amide bonds. The molecule has 0 saturated heterocycles. The lowest BCUT2D eigenvalue weighted by molar-refractivity contribution is 0.109. The van der Waals surface area contributed by atoms with Gasteiger partial charge in [-0.1, -0.05) is 11.6 Å². The zero-order chi connectivity index (χ0) is 15.0. The van der Waals surface area contributed by atoms with Gasteiger partial charge in [-0.15, -0.1) is 0 Å². The number of hydrogen-bond donors (Lipinski definition) is 1. The van der Waals surface area contributed by atoms with Gasteiger partial charge in [0.25, 0.3) is 0 Å². The number of phenolic OH excluding ortho intramolecular Hbond substituents is 1. The lowest BCUT2D eigenvalue weighted by Crippen LogP contribution is -2.30. The van der Waals surface area contributed by atoms with Crippen LogP contribution < -0.4 is 0 Å². The maximum Gasteiger partial charge on any atom is 0.153 e. The van der Waals surface area contributed by atoms with Crippen molar-refractivity contribution in [1.29, 1.82) is 0 Å². The van der Waals surface area contributed by atoms with E-state index in [2.05, 4.69) is 4.90 Å². The van der Waals surface area contributed by atoms with Gasteiger partial charge < -0.3 is 14.6 Å². The van der Waals surface area contributed by atoms with Crippen molar-refractivity contribution >= 4 is 17.9 Å². The molecule has 0 bridgehead atoms. The number of carbonyl (C=O) groups excluding carboxylic acids is 1. The molecule has 0 heterocycles. The van der Waals surface area contributed by atoms with Crippen LogP contribution in [0, 0.1) is 0 Å². The summed E-state index contributed by atoms with van der Waals surface area (Å²) in [6, 6.07) is 3.11. The molecule has 0 radical (unpaired) electrons. The maximum atomic E-state index is 10.9. The van der Waals surface area contributed by atoms with Crippen molar-refractivity contribution in [2.45, 2.75) is 6.54 Å². The van der Waals surface area contributed by atoms with E-state index < -0.39 is 0 Å². The van der Waals surface area contributed by atoms with Gasteiger partial charge in [-0.05, 0) is 12.1 Å². The van der Waals surface area contributed by atoms with E-state index in [1.54, 1.807) is 20.3 Å². The Bertz CT molecular complexity index is 431. The highest BCUT2D eigenvalue weighted by atomic mass is 35.5. The van der Waals surface area contributed by atoms with E-state index in [1.807, 2.05) is 0 Å². The fourth-order valence-corrected chi connectivity index (χ4v) is 2.09. The van der Waals surface area contributed by atoms with Crippen molar-refractivity contribution in [1.82, 2.24) is 4.90 Å². The number of hydrogen-bond acceptors (Lipinski definition) is 5. The summed E-state index contributed by atoms with van der Waals surface area (Å²) in [4.78, 5) is 13.0. The summed E-state index contributed by atoms with van der Waals surface area (Å²) in [6.45, 7) is 3.02. The molecule has 6 heteroatoms. The summed E-state index contributed by atoms with van der Waals surface area (Å²) in [5.41, 5.74) is 0.817. The lowest BCUT2D eigenvalue weighted by Gasteiger charge is -2.22. The Balaban J connectivity index is 2.85. The number of carbonyl (C=O) groups is 1. The second-order valence-corrected chi connectivity index (χ2v) is 4.82. The highest BCUT2D eigenvalue weighted by Crippen LogP contribution is 2.27. The van der Waals surface area contributed by atoms with E-state index in [1.165, 1.54) is 6.07 Å². The van der Waals surface area contributed by atoms with Gasteiger partial charge in [-0.25, -0.2) is 0 Å². The largest absolute Gasteiger partial charge is 0.507 e. The molecule has 0 aliphatic carbocycles. The number of aldehydes is 1. The summed E-state index contributed by atoms with van der Waals surface area (Å²) in [5, 5.41) is 10.5. The Hall–Kier alpha value is -1.14. The van der Waals surface area contributed by atoms with Gasteiger partial charge in [0.05, 0.1) is 18.8 Å². The van der Waals surface area contributed by atoms with E-state index in [4.69, 9.17) is 21.1 Å². The number of phenols is 1. The molecule has 0 unspecified atom stereocenters. The molecule has 0 aliphatic rings. The van der Waals surface area contributed by atoms with Gasteiger partial charge >= 0.3 is 0 Å². The molecule has 0 aromatic heterocycles. The SMILES string of the molecule is COCCN(CCOC)Cc1cc(Cl)cc(C=O)c1O. The first-order chi connectivity index (χ1) is 9.62. The van der Waals surface area contributed by atoms with E-state index in [9.17, 15) is 9.90 Å². The molecule has 0 saturated carbocycles. The second kappa shape index (κ2) is 8.92. The van der Waals surface area contributed by atoms with Crippen molar-refractivity contribution in [2.75, 3.05) is 40.5 Å². The van der Waals surface area contributed by atoms with Crippen molar-refractivity contribution < 1.29 is 19.4 Å². The van der Waals surface area contributed by atoms with E-state index in [0.717, 1.165) is 0 Å². The van der Waals surface area contributed by atoms with Crippen LogP contribution in [0.1, 0.15) is 15.9 Å². The average Bonchev–Trinajstić information content (AvgIpc) is 2.45. The smallest absolute Gasteiger partial charge is 0.153 e. The Labute approximate surface area is 124 Å². The quantitative estimate of drug-likeness (QED) is 0.707. The van der Waals surface area contributed by atoms with Crippen LogP contribution in [0.4, 0.5) is 0 Å². The summed E-state index contributed by atoms with van der Waals surface area (Å²) in [7, 11) is 3.27. The van der Waals surface area contributed by atoms with Crippen LogP contribution in [0.5, 0.6) is 5.75 Å². The van der Waals surface area contributed by atoms with Crippen LogP contribution in [0.2, 0.25) is 5.02 Å². The minimum atomic E-state index is -0.0239. The first kappa shape index (κ1) is 16.9. The molecule has 1 N–H and O–H groups in total. The number of nitrogens with zero attached hydrogens (tertiary/aromatic N) is 1. The Morgan fingerprint density at radius 3 is 2.35 bits per heavy atom. The monoisotopic (exact) mass is 301 g/mol. The number of halogens is 1. The first-order valence-corrected chi connectivity index (χ1v) is 6.67. The van der Waals surface area contributed by atoms with Gasteiger partial charge in [0.15, 0.2) is 6.29 Å². The van der Waals surface area contributed by atoms with Crippen molar-refractivity contribution in [2.24, 2.45) is 0 Å². The number of rotatable bonds is 9. The fraction of sp³-hybridized carbons (Fsp3) is 0.500. The molecular weight excluding hydrogens is 282 g/mol. The van der Waals surface area contributed by atoms with E-state index in [0.29, 0.717) is 49.7 Å². The summed E-state index contributed by atoms with van der Waals surface area (Å²) >= 11 is 5.95. The number of methoxy groups -OCH3 is 2. The average molecular weight is 302 g/mol. The van der Waals surface area contributed by atoms with Crippen molar-refractivity contribution in [3.63, 3.8) is 0 Å². The fourth-order valence-electron chi connectivity index (χ4n) is 1.84. The minimum absolute atomic E-state index is 0.0239. The third-order valence-electron chi connectivity index (χ3n) is 2.93. The third kappa shape index (κ3) is 5.09. The number of aromatic hydroxyl groups is 1. The molecule has 1 aromatic carbocycles. The molecule has 0 aliphatic heterocycles. The first-order valence-electron chi connectivity index (χ1n) is 6.29. The van der Waals surface area contributed by atoms with Crippen LogP contribution in [0.25, 0.3) is 0 Å². The second-order valence-electron chi connectivity index (χ2n) is 4.38. The highest BCUT2D eigenvalue weighted by Gasteiger charge is 2.13. The van der Waals surface area contributed by atoms with Gasteiger partial charge in [0.2, 0.25) is 0 Å². The molecular formula is C14H20ClNO4. The molecule has 0 atom stereocenters. The van der Waals surface area contributed by atoms with Crippen LogP contribution >= 0.6 is 11.6 Å². The van der Waals surface area contributed by atoms with Crippen LogP contribution in [-0.2, 0) is 16.0 Å². The van der Waals surface area contributed by atoms with Crippen molar-refractivity contribution in [3.05, 3.63) is 28.3 Å². The standard InChI is InChI=1S/C14H20ClNO4/c1-19-5-3-16(4-6-20-2)9-11-7-13(15)8-12(10-17)14(11)18/h7-8,10,18H,3-6,9H2,1-2H3. The molecule has 1 aromatic rings. The van der Waals surface area contributed by atoms with Crippen LogP contribution in [0.3, 0.4) is 0 Å². The van der Waals surface area contributed by atoms with E-state index >= 15 is 0 Å². The predicted octanol–water partition coefficient (Wildman–Crippen LogP) is 1.95. The third-order valence-corrected chi connectivity index (χ3v) is 3.15. The summed E-state index contributed by atoms with van der Waals surface area (Å²) in [5.74, 6) is -0.0239. The van der Waals surface area contributed by atoms with Crippen molar-refractivity contribution in [3.8, 4) is 5.75 Å². The van der Waals surface area contributed by atoms with Gasteiger partial charge in [0.1, 0.15) is 5.75 Å². The lowest BCUT2D eigenvalue weighted by atomic mass is 10.1. The zero-order valence-electron chi connectivity index (χ0n) is 11.8. The molecule has 5 nitrogen and oxygen atoms in total. The molecule has 112 valence electrons. The van der Waals surface area contributed by atoms with E-state index in [-0.39, 0.29) is 11.3 Å². The molecule has 0 spiro atoms. The predicted molar refractivity (Wildman–Crippen MR) is 77.5 cm³/mol. The number of ether oxygens (including phenoxy) is 2. The highest BCUT2D eigenvalue weighted by molar-refractivity contribution is 6.31. The van der Waals surface area contributed by atoms with Crippen LogP contribution in [-0.4, -0.2) is 56.8 Å². The summed E-state index contributed by atoms with van der Waals surface area (Å²) < 4.78 is 10.1. The topological polar surface area (TPSA) is 59.0 Å². The van der Waals surface area contributed by atoms with Gasteiger partial charge in [-0.2, -0.15) is 0 Å². The zero-order valence-corrected chi connectivity index (χ0v) is 12.5. The Morgan fingerprint density at radius 1 is 1.25 bits per heavy atom. The van der Waals surface area contributed by atoms with Gasteiger partial charge in [0, 0.05) is 44.4 Å². The molecule has 0 fully saturated rings. The molecule has 1 rings (SSSR count). The normalized spacial score (nSPS) is 11.0.